The van der Waals surface area contributed by atoms with E-state index in [1.165, 1.54) is 19.4 Å². The highest BCUT2D eigenvalue weighted by atomic mass is 16.5. The molecule has 2 heterocycles. The summed E-state index contributed by atoms with van der Waals surface area (Å²) in [5.41, 5.74) is 0. The number of carbonyl (C=O) groups excluding carboxylic acids is 1. The van der Waals surface area contributed by atoms with Crippen LogP contribution >= 0.6 is 0 Å². The quantitative estimate of drug-likeness (QED) is 0.830. The summed E-state index contributed by atoms with van der Waals surface area (Å²) in [4.78, 5) is 18.6. The van der Waals surface area contributed by atoms with Crippen LogP contribution in [-0.2, 0) is 11.2 Å². The molecule has 6 heteroatoms. The number of hydrogen-bond donors (Lipinski definition) is 1. The molecule has 2 aliphatic rings. The van der Waals surface area contributed by atoms with E-state index in [0.29, 0.717) is 37.0 Å². The third-order valence-corrected chi connectivity index (χ3v) is 4.58. The van der Waals surface area contributed by atoms with Crippen molar-refractivity contribution >= 4 is 5.91 Å². The summed E-state index contributed by atoms with van der Waals surface area (Å²) in [7, 11) is 2.16. The van der Waals surface area contributed by atoms with Gasteiger partial charge < -0.3 is 14.7 Å². The normalized spacial score (nSPS) is 22.7. The summed E-state index contributed by atoms with van der Waals surface area (Å²) in [6.45, 7) is 2.91. The van der Waals surface area contributed by atoms with Crippen LogP contribution < -0.4 is 5.32 Å². The zero-order valence-corrected chi connectivity index (χ0v) is 13.4. The van der Waals surface area contributed by atoms with Gasteiger partial charge in [0.1, 0.15) is 0 Å². The fourth-order valence-corrected chi connectivity index (χ4v) is 3.11. The lowest BCUT2D eigenvalue weighted by molar-refractivity contribution is -0.121. The molecule has 3 rings (SSSR count). The molecule has 1 aromatic heterocycles. The molecule has 0 spiro atoms. The second-order valence-corrected chi connectivity index (χ2v) is 6.73. The summed E-state index contributed by atoms with van der Waals surface area (Å²) >= 11 is 0. The SMILES string of the molecule is CN1CCC[C@@H](CCC(=O)NCCc2noc(C3CC3)n2)C1. The lowest BCUT2D eigenvalue weighted by Crippen LogP contribution is -2.33. The summed E-state index contributed by atoms with van der Waals surface area (Å²) in [6.07, 6.45) is 7.09. The Morgan fingerprint density at radius 3 is 3.05 bits per heavy atom. The lowest BCUT2D eigenvalue weighted by Gasteiger charge is -2.29. The third-order valence-electron chi connectivity index (χ3n) is 4.58. The number of piperidine rings is 1. The van der Waals surface area contributed by atoms with Crippen LogP contribution in [0.2, 0.25) is 0 Å². The lowest BCUT2D eigenvalue weighted by atomic mass is 9.93. The van der Waals surface area contributed by atoms with E-state index in [9.17, 15) is 4.79 Å². The molecule has 1 aliphatic carbocycles. The largest absolute Gasteiger partial charge is 0.356 e. The molecule has 1 saturated carbocycles. The highest BCUT2D eigenvalue weighted by Crippen LogP contribution is 2.38. The molecule has 0 bridgehead atoms. The number of likely N-dealkylation sites (tertiary alicyclic amines) is 1. The van der Waals surface area contributed by atoms with Crippen molar-refractivity contribution < 1.29 is 9.32 Å². The van der Waals surface area contributed by atoms with E-state index in [2.05, 4.69) is 27.4 Å². The first-order chi connectivity index (χ1) is 10.7. The van der Waals surface area contributed by atoms with Gasteiger partial charge in [0.2, 0.25) is 11.8 Å². The van der Waals surface area contributed by atoms with Gasteiger partial charge in [0.15, 0.2) is 5.82 Å². The first-order valence-corrected chi connectivity index (χ1v) is 8.48. The summed E-state index contributed by atoms with van der Waals surface area (Å²) in [5.74, 6) is 2.77. The van der Waals surface area contributed by atoms with Crippen molar-refractivity contribution in [1.29, 1.82) is 0 Å². The van der Waals surface area contributed by atoms with Crippen LogP contribution in [-0.4, -0.2) is 47.6 Å². The zero-order chi connectivity index (χ0) is 15.4. The number of carbonyl (C=O) groups is 1. The molecular formula is C16H26N4O2. The molecule has 22 heavy (non-hydrogen) atoms. The van der Waals surface area contributed by atoms with Crippen molar-refractivity contribution in [3.63, 3.8) is 0 Å². The van der Waals surface area contributed by atoms with Gasteiger partial charge in [-0.1, -0.05) is 5.16 Å². The topological polar surface area (TPSA) is 71.3 Å². The first-order valence-electron chi connectivity index (χ1n) is 8.48. The highest BCUT2D eigenvalue weighted by Gasteiger charge is 2.29. The molecule has 1 saturated heterocycles. The van der Waals surface area contributed by atoms with E-state index >= 15 is 0 Å². The van der Waals surface area contributed by atoms with E-state index in [-0.39, 0.29) is 5.91 Å². The number of nitrogens with one attached hydrogen (secondary N) is 1. The molecule has 0 unspecified atom stereocenters. The van der Waals surface area contributed by atoms with Gasteiger partial charge in [-0.15, -0.1) is 0 Å². The van der Waals surface area contributed by atoms with Crippen molar-refractivity contribution in [2.45, 2.75) is 50.9 Å². The van der Waals surface area contributed by atoms with Crippen LogP contribution in [0.4, 0.5) is 0 Å². The Hall–Kier alpha value is -1.43. The van der Waals surface area contributed by atoms with Crippen LogP contribution in [0, 0.1) is 5.92 Å². The molecule has 1 aromatic rings. The first kappa shape index (κ1) is 15.5. The fraction of sp³-hybridized carbons (Fsp3) is 0.812. The molecule has 1 atom stereocenters. The molecule has 1 amide bonds. The second-order valence-electron chi connectivity index (χ2n) is 6.73. The fourth-order valence-electron chi connectivity index (χ4n) is 3.11. The smallest absolute Gasteiger partial charge is 0.229 e. The molecule has 2 fully saturated rings. The maximum atomic E-state index is 11.9. The van der Waals surface area contributed by atoms with Crippen molar-refractivity contribution in [2.24, 2.45) is 5.92 Å². The second kappa shape index (κ2) is 7.22. The van der Waals surface area contributed by atoms with Crippen LogP contribution in [0.5, 0.6) is 0 Å². The molecule has 0 aromatic carbocycles. The van der Waals surface area contributed by atoms with E-state index in [4.69, 9.17) is 4.52 Å². The number of nitrogens with zero attached hydrogens (tertiary/aromatic N) is 3. The Labute approximate surface area is 131 Å². The number of rotatable bonds is 7. The van der Waals surface area contributed by atoms with Crippen LogP contribution in [0.3, 0.4) is 0 Å². The number of hydrogen-bond acceptors (Lipinski definition) is 5. The van der Waals surface area contributed by atoms with Gasteiger partial charge in [-0.05, 0) is 51.6 Å². The van der Waals surface area contributed by atoms with Crippen LogP contribution in [0.1, 0.15) is 56.2 Å². The average molecular weight is 306 g/mol. The Morgan fingerprint density at radius 1 is 1.41 bits per heavy atom. The van der Waals surface area contributed by atoms with E-state index in [1.54, 1.807) is 0 Å². The van der Waals surface area contributed by atoms with E-state index in [1.807, 2.05) is 0 Å². The minimum absolute atomic E-state index is 0.138. The number of amides is 1. The Morgan fingerprint density at radius 2 is 2.27 bits per heavy atom. The molecule has 1 N–H and O–H groups in total. The predicted molar refractivity (Wildman–Crippen MR) is 82.4 cm³/mol. The minimum Gasteiger partial charge on any atom is -0.356 e. The Bertz CT molecular complexity index is 498. The van der Waals surface area contributed by atoms with Crippen LogP contribution in [0.15, 0.2) is 4.52 Å². The molecule has 0 radical (unpaired) electrons. The van der Waals surface area contributed by atoms with Gasteiger partial charge in [-0.2, -0.15) is 4.98 Å². The monoisotopic (exact) mass is 306 g/mol. The summed E-state index contributed by atoms with van der Waals surface area (Å²) < 4.78 is 5.20. The highest BCUT2D eigenvalue weighted by molar-refractivity contribution is 5.75. The van der Waals surface area contributed by atoms with Gasteiger partial charge in [-0.3, -0.25) is 4.79 Å². The maximum absolute atomic E-state index is 11.9. The van der Waals surface area contributed by atoms with Crippen LogP contribution in [0.25, 0.3) is 0 Å². The van der Waals surface area contributed by atoms with Crippen molar-refractivity contribution in [2.75, 3.05) is 26.7 Å². The van der Waals surface area contributed by atoms with E-state index < -0.39 is 0 Å². The van der Waals surface area contributed by atoms with Gasteiger partial charge in [0, 0.05) is 31.8 Å². The molecule has 6 nitrogen and oxygen atoms in total. The molecule has 1 aliphatic heterocycles. The van der Waals surface area contributed by atoms with Crippen molar-refractivity contribution in [3.05, 3.63) is 11.7 Å². The maximum Gasteiger partial charge on any atom is 0.229 e. The zero-order valence-electron chi connectivity index (χ0n) is 13.4. The third kappa shape index (κ3) is 4.53. The Balaban J connectivity index is 1.30. The van der Waals surface area contributed by atoms with Gasteiger partial charge in [0.25, 0.3) is 0 Å². The number of aromatic nitrogens is 2. The Kier molecular flexibility index (Phi) is 5.08. The van der Waals surface area contributed by atoms with Crippen molar-refractivity contribution in [3.8, 4) is 0 Å². The predicted octanol–water partition coefficient (Wildman–Crippen LogP) is 1.73. The summed E-state index contributed by atoms with van der Waals surface area (Å²) in [6, 6.07) is 0. The van der Waals surface area contributed by atoms with Gasteiger partial charge >= 0.3 is 0 Å². The summed E-state index contributed by atoms with van der Waals surface area (Å²) in [5, 5.41) is 6.92. The minimum atomic E-state index is 0.138. The standard InChI is InChI=1S/C16H26N4O2/c1-20-10-2-3-12(11-20)4-7-15(21)17-9-8-14-18-16(22-19-14)13-5-6-13/h12-13H,2-11H2,1H3,(H,17,21)/t12-/m0/s1. The average Bonchev–Trinajstić information content (AvgIpc) is 3.25. The van der Waals surface area contributed by atoms with Crippen molar-refractivity contribution in [1.82, 2.24) is 20.4 Å². The molecule has 122 valence electrons. The van der Waals surface area contributed by atoms with Gasteiger partial charge in [0.05, 0.1) is 0 Å². The van der Waals surface area contributed by atoms with Gasteiger partial charge in [-0.25, -0.2) is 0 Å². The molecular weight excluding hydrogens is 280 g/mol. The van der Waals surface area contributed by atoms with E-state index in [0.717, 1.165) is 31.7 Å².